The summed E-state index contributed by atoms with van der Waals surface area (Å²) in [5.41, 5.74) is -0.120. The minimum Gasteiger partial charge on any atom is -0.381 e. The van der Waals surface area contributed by atoms with Crippen molar-refractivity contribution in [1.29, 1.82) is 0 Å². The molecule has 0 aliphatic carbocycles. The molecule has 3 N–H and O–H groups in total. The minimum absolute atomic E-state index is 0.0300. The quantitative estimate of drug-likeness (QED) is 0.434. The number of likely N-dealkylation sites (tertiary alicyclic amines) is 1. The van der Waals surface area contributed by atoms with Crippen molar-refractivity contribution in [3.8, 4) is 0 Å². The van der Waals surface area contributed by atoms with Crippen LogP contribution in [-0.4, -0.2) is 85.2 Å². The zero-order valence-corrected chi connectivity index (χ0v) is 26.0. The Hall–Kier alpha value is -3.24. The van der Waals surface area contributed by atoms with E-state index in [2.05, 4.69) is 28.1 Å². The maximum absolute atomic E-state index is 13.8. The van der Waals surface area contributed by atoms with Crippen molar-refractivity contribution in [2.24, 2.45) is 11.3 Å². The molecule has 236 valence electrons. The summed E-state index contributed by atoms with van der Waals surface area (Å²) >= 11 is 0. The fourth-order valence-corrected chi connectivity index (χ4v) is 6.15. The Labute approximate surface area is 255 Å². The highest BCUT2D eigenvalue weighted by Gasteiger charge is 2.42. The highest BCUT2D eigenvalue weighted by Crippen LogP contribution is 2.36. The van der Waals surface area contributed by atoms with Gasteiger partial charge in [-0.15, -0.1) is 0 Å². The summed E-state index contributed by atoms with van der Waals surface area (Å²) in [7, 11) is 0. The van der Waals surface area contributed by atoms with Crippen molar-refractivity contribution < 1.29 is 28.7 Å². The van der Waals surface area contributed by atoms with Gasteiger partial charge in [0.25, 0.3) is 0 Å². The summed E-state index contributed by atoms with van der Waals surface area (Å²) in [5, 5.41) is 9.12. The number of benzene rings is 1. The lowest BCUT2D eigenvalue weighted by atomic mass is 9.75. The monoisotopic (exact) mass is 596 g/mol. The lowest BCUT2D eigenvalue weighted by Gasteiger charge is -2.41. The Balaban J connectivity index is 1.55. The van der Waals surface area contributed by atoms with Crippen LogP contribution in [0.4, 0.5) is 0 Å². The maximum Gasteiger partial charge on any atom is 0.247 e. The van der Waals surface area contributed by atoms with Crippen LogP contribution in [0.3, 0.4) is 0 Å². The first-order valence-electron chi connectivity index (χ1n) is 15.5. The molecule has 0 saturated carbocycles. The molecule has 4 rings (SSSR count). The van der Waals surface area contributed by atoms with Crippen molar-refractivity contribution in [2.75, 3.05) is 32.9 Å². The summed E-state index contributed by atoms with van der Waals surface area (Å²) in [4.78, 5) is 54.9. The Kier molecular flexibility index (Phi) is 11.0. The van der Waals surface area contributed by atoms with Gasteiger partial charge in [-0.2, -0.15) is 0 Å². The molecule has 0 aromatic heterocycles. The van der Waals surface area contributed by atoms with E-state index in [4.69, 9.17) is 9.47 Å². The molecule has 1 aromatic carbocycles. The number of rotatable bonds is 6. The van der Waals surface area contributed by atoms with Gasteiger partial charge in [0.15, 0.2) is 0 Å². The molecule has 1 spiro atoms. The van der Waals surface area contributed by atoms with Gasteiger partial charge in [0.1, 0.15) is 12.1 Å². The van der Waals surface area contributed by atoms with E-state index in [9.17, 15) is 19.2 Å². The van der Waals surface area contributed by atoms with Crippen molar-refractivity contribution >= 4 is 23.6 Å². The molecular formula is C33H48N4O6. The fraction of sp³-hybridized carbons (Fsp3) is 0.636. The summed E-state index contributed by atoms with van der Waals surface area (Å²) < 4.78 is 11.5. The molecule has 10 nitrogen and oxygen atoms in total. The largest absolute Gasteiger partial charge is 0.381 e. The number of allylic oxidation sites excluding steroid dienone is 2. The summed E-state index contributed by atoms with van der Waals surface area (Å²) in [5.74, 6) is -0.822. The molecule has 0 bridgehead atoms. The lowest BCUT2D eigenvalue weighted by Crippen LogP contribution is -2.60. The number of fused-ring (bicyclic) bond motifs is 1. The van der Waals surface area contributed by atoms with Crippen LogP contribution in [0.15, 0.2) is 42.5 Å². The van der Waals surface area contributed by atoms with Gasteiger partial charge in [-0.3, -0.25) is 19.2 Å². The van der Waals surface area contributed by atoms with Crippen molar-refractivity contribution in [2.45, 2.75) is 89.9 Å². The van der Waals surface area contributed by atoms with Crippen LogP contribution < -0.4 is 16.0 Å². The molecule has 3 heterocycles. The van der Waals surface area contributed by atoms with Gasteiger partial charge in [0.05, 0.1) is 17.6 Å². The number of carbonyl (C=O) groups excluding carboxylic acids is 4. The predicted molar refractivity (Wildman–Crippen MR) is 163 cm³/mol. The number of amides is 4. The van der Waals surface area contributed by atoms with E-state index >= 15 is 0 Å². The van der Waals surface area contributed by atoms with Crippen LogP contribution in [0.2, 0.25) is 0 Å². The molecule has 4 atom stereocenters. The fourth-order valence-electron chi connectivity index (χ4n) is 6.15. The minimum atomic E-state index is -0.788. The first-order valence-corrected chi connectivity index (χ1v) is 15.5. The standard InChI is InChI=1S/C33H48N4O6/c1-23(38)34-28(22-43-32(2,3)4)30(40)37-17-13-26-25(21-37)12-8-9-14-33(15-18-42-19-16-33)31(41)36-27(29(39)35-26)20-24-10-6-5-7-11-24/h5-11,25-28H,12-22H2,1-4H3,(H,34,38)(H,35,39)(H,36,41)/b9-8+/t25-,26+,27+,28-/m0/s1. The third-order valence-corrected chi connectivity index (χ3v) is 8.68. The second-order valence-corrected chi connectivity index (χ2v) is 13.1. The van der Waals surface area contributed by atoms with Crippen molar-refractivity contribution in [1.82, 2.24) is 20.9 Å². The Morgan fingerprint density at radius 3 is 2.51 bits per heavy atom. The number of ether oxygens (including phenoxy) is 2. The molecule has 4 amide bonds. The smallest absolute Gasteiger partial charge is 0.247 e. The molecule has 0 radical (unpaired) electrons. The van der Waals surface area contributed by atoms with Gasteiger partial charge in [0.2, 0.25) is 23.6 Å². The molecule has 2 saturated heterocycles. The second kappa shape index (κ2) is 14.5. The number of hydrogen-bond donors (Lipinski definition) is 3. The zero-order chi connectivity index (χ0) is 31.0. The van der Waals surface area contributed by atoms with Crippen molar-refractivity contribution in [3.63, 3.8) is 0 Å². The van der Waals surface area contributed by atoms with E-state index in [-0.39, 0.29) is 42.2 Å². The van der Waals surface area contributed by atoms with Gasteiger partial charge in [-0.1, -0.05) is 42.5 Å². The van der Waals surface area contributed by atoms with Crippen molar-refractivity contribution in [3.05, 3.63) is 48.0 Å². The van der Waals surface area contributed by atoms with E-state index in [1.807, 2.05) is 51.1 Å². The summed E-state index contributed by atoms with van der Waals surface area (Å²) in [6.07, 6.45) is 7.52. The SMILES string of the molecule is CC(=O)N[C@@H](COC(C)(C)C)C(=O)N1CC[C@H]2NC(=O)[C@@H](Cc3ccccc3)NC(=O)C3(C/C=C/C[C@H]2C1)CCOCC3. The third kappa shape index (κ3) is 9.13. The first kappa shape index (κ1) is 32.7. The average molecular weight is 597 g/mol. The molecule has 3 aliphatic rings. The maximum atomic E-state index is 13.8. The van der Waals surface area contributed by atoms with Gasteiger partial charge in [0, 0.05) is 51.6 Å². The van der Waals surface area contributed by atoms with E-state index in [1.54, 1.807) is 4.90 Å². The molecule has 2 fully saturated rings. The third-order valence-electron chi connectivity index (χ3n) is 8.68. The molecule has 3 aliphatic heterocycles. The van der Waals surface area contributed by atoms with Crippen LogP contribution >= 0.6 is 0 Å². The molecule has 0 unspecified atom stereocenters. The van der Waals surface area contributed by atoms with Gasteiger partial charge < -0.3 is 30.3 Å². The second-order valence-electron chi connectivity index (χ2n) is 13.1. The van der Waals surface area contributed by atoms with Crippen LogP contribution in [0.25, 0.3) is 0 Å². The van der Waals surface area contributed by atoms with Crippen LogP contribution in [0.1, 0.15) is 65.4 Å². The number of carbonyl (C=O) groups is 4. The normalized spacial score (nSPS) is 26.1. The van der Waals surface area contributed by atoms with Gasteiger partial charge in [-0.05, 0) is 58.4 Å². The molecule has 43 heavy (non-hydrogen) atoms. The number of nitrogens with one attached hydrogen (secondary N) is 3. The predicted octanol–water partition coefficient (Wildman–Crippen LogP) is 2.51. The van der Waals surface area contributed by atoms with E-state index < -0.39 is 23.1 Å². The summed E-state index contributed by atoms with van der Waals surface area (Å²) in [6, 6.07) is 8.03. The Morgan fingerprint density at radius 1 is 1.12 bits per heavy atom. The molecule has 10 heteroatoms. The lowest BCUT2D eigenvalue weighted by molar-refractivity contribution is -0.142. The molecular weight excluding hydrogens is 548 g/mol. The van der Waals surface area contributed by atoms with Gasteiger partial charge >= 0.3 is 0 Å². The highest BCUT2D eigenvalue weighted by molar-refractivity contribution is 5.91. The van der Waals surface area contributed by atoms with E-state index in [0.29, 0.717) is 64.8 Å². The summed E-state index contributed by atoms with van der Waals surface area (Å²) in [6.45, 7) is 9.09. The zero-order valence-electron chi connectivity index (χ0n) is 26.0. The average Bonchev–Trinajstić information content (AvgIpc) is 2.97. The number of nitrogens with zero attached hydrogens (tertiary/aromatic N) is 1. The topological polar surface area (TPSA) is 126 Å². The highest BCUT2D eigenvalue weighted by atomic mass is 16.5. The van der Waals surface area contributed by atoms with Crippen LogP contribution in [0, 0.1) is 11.3 Å². The Morgan fingerprint density at radius 2 is 1.84 bits per heavy atom. The molecule has 1 aromatic rings. The van der Waals surface area contributed by atoms with Crippen LogP contribution in [0.5, 0.6) is 0 Å². The number of hydrogen-bond acceptors (Lipinski definition) is 6. The van der Waals surface area contributed by atoms with Gasteiger partial charge in [-0.25, -0.2) is 0 Å². The first-order chi connectivity index (χ1) is 20.5. The van der Waals surface area contributed by atoms with Crippen LogP contribution in [-0.2, 0) is 35.1 Å². The van der Waals surface area contributed by atoms with E-state index in [0.717, 1.165) is 5.56 Å². The number of piperidine rings is 1. The van der Waals surface area contributed by atoms with E-state index in [1.165, 1.54) is 6.92 Å². The Bertz CT molecular complexity index is 1160.